The number of rotatable bonds is 2. The van der Waals surface area contributed by atoms with Crippen LogP contribution in [0.5, 0.6) is 5.75 Å². The van der Waals surface area contributed by atoms with E-state index in [-0.39, 0.29) is 28.7 Å². The zero-order chi connectivity index (χ0) is 13.3. The molecule has 0 spiro atoms. The number of pyridine rings is 2. The first-order chi connectivity index (χ1) is 8.52. The molecule has 0 aliphatic heterocycles. The first-order valence-corrected chi connectivity index (χ1v) is 4.89. The maximum Gasteiger partial charge on any atom is 0.309 e. The van der Waals surface area contributed by atoms with Gasteiger partial charge in [-0.3, -0.25) is 9.59 Å². The van der Waals surface area contributed by atoms with Gasteiger partial charge in [-0.05, 0) is 12.1 Å². The van der Waals surface area contributed by atoms with Crippen LogP contribution in [0.2, 0.25) is 0 Å². The van der Waals surface area contributed by atoms with Crippen molar-refractivity contribution >= 4 is 17.0 Å². The summed E-state index contributed by atoms with van der Waals surface area (Å²) in [6.45, 7) is 0. The molecule has 0 saturated heterocycles. The van der Waals surface area contributed by atoms with Gasteiger partial charge >= 0.3 is 5.97 Å². The quantitative estimate of drug-likeness (QED) is 0.689. The summed E-state index contributed by atoms with van der Waals surface area (Å²) >= 11 is 0. The number of hydrogen-bond acceptors (Lipinski definition) is 5. The summed E-state index contributed by atoms with van der Waals surface area (Å²) in [5, 5.41) is 27.0. The summed E-state index contributed by atoms with van der Waals surface area (Å²) in [6, 6.07) is 4.56. The van der Waals surface area contributed by atoms with Crippen molar-refractivity contribution < 1.29 is 15.0 Å². The van der Waals surface area contributed by atoms with Gasteiger partial charge in [0.25, 0.3) is 5.56 Å². The summed E-state index contributed by atoms with van der Waals surface area (Å²) in [5.74, 6) is -1.78. The Labute approximate surface area is 100.0 Å². The number of nitrogens with zero attached hydrogens (tertiary/aromatic N) is 2. The lowest BCUT2D eigenvalue weighted by Gasteiger charge is -2.03. The van der Waals surface area contributed by atoms with Gasteiger partial charge in [0.05, 0.1) is 17.6 Å². The van der Waals surface area contributed by atoms with E-state index in [4.69, 9.17) is 10.4 Å². The lowest BCUT2D eigenvalue weighted by Crippen LogP contribution is -2.09. The Balaban J connectivity index is 2.76. The predicted octanol–water partition coefficient (Wildman–Crippen LogP) is 0.127. The number of carboxylic acids is 1. The zero-order valence-corrected chi connectivity index (χ0v) is 8.97. The van der Waals surface area contributed by atoms with Crippen LogP contribution < -0.4 is 5.56 Å². The number of nitriles is 1. The smallest absolute Gasteiger partial charge is 0.309 e. The van der Waals surface area contributed by atoms with E-state index in [2.05, 4.69) is 9.97 Å². The minimum absolute atomic E-state index is 0.0772. The van der Waals surface area contributed by atoms with Crippen LogP contribution >= 0.6 is 0 Å². The maximum atomic E-state index is 11.3. The van der Waals surface area contributed by atoms with Gasteiger partial charge in [-0.2, -0.15) is 5.26 Å². The average Bonchev–Trinajstić information content (AvgIpc) is 2.31. The summed E-state index contributed by atoms with van der Waals surface area (Å²) in [4.78, 5) is 28.2. The Morgan fingerprint density at radius 1 is 1.50 bits per heavy atom. The van der Waals surface area contributed by atoms with Crippen molar-refractivity contribution in [2.75, 3.05) is 0 Å². The lowest BCUT2D eigenvalue weighted by molar-refractivity contribution is -0.136. The number of hydrogen-bond donors (Lipinski definition) is 3. The largest absolute Gasteiger partial charge is 0.502 e. The topological polar surface area (TPSA) is 127 Å². The SMILES string of the molecule is N#Cc1c(O)c(=O)[nH]c2ccc(CC(=O)O)nc12. The Morgan fingerprint density at radius 2 is 2.22 bits per heavy atom. The van der Waals surface area contributed by atoms with E-state index in [1.165, 1.54) is 12.1 Å². The first kappa shape index (κ1) is 11.6. The van der Waals surface area contributed by atoms with E-state index in [0.29, 0.717) is 0 Å². The number of carbonyl (C=O) groups is 1. The molecule has 18 heavy (non-hydrogen) atoms. The number of carboxylic acid groups (broad SMARTS) is 1. The van der Waals surface area contributed by atoms with Gasteiger partial charge in [0.1, 0.15) is 17.1 Å². The molecule has 2 heterocycles. The molecule has 0 aromatic carbocycles. The molecule has 3 N–H and O–H groups in total. The van der Waals surface area contributed by atoms with E-state index in [0.717, 1.165) is 0 Å². The molecule has 0 aliphatic rings. The highest BCUT2D eigenvalue weighted by Crippen LogP contribution is 2.19. The van der Waals surface area contributed by atoms with Crippen LogP contribution in [-0.2, 0) is 11.2 Å². The summed E-state index contributed by atoms with van der Waals surface area (Å²) < 4.78 is 0. The van der Waals surface area contributed by atoms with Gasteiger partial charge < -0.3 is 15.2 Å². The number of fused-ring (bicyclic) bond motifs is 1. The molecule has 0 bridgehead atoms. The highest BCUT2D eigenvalue weighted by atomic mass is 16.4. The van der Waals surface area contributed by atoms with Crippen LogP contribution in [0.25, 0.3) is 11.0 Å². The molecule has 0 fully saturated rings. The van der Waals surface area contributed by atoms with Crippen molar-refractivity contribution in [3.8, 4) is 11.8 Å². The van der Waals surface area contributed by atoms with Crippen molar-refractivity contribution in [1.82, 2.24) is 9.97 Å². The Morgan fingerprint density at radius 3 is 2.83 bits per heavy atom. The van der Waals surface area contributed by atoms with Crippen LogP contribution in [-0.4, -0.2) is 26.2 Å². The monoisotopic (exact) mass is 245 g/mol. The second-order valence-corrected chi connectivity index (χ2v) is 3.56. The van der Waals surface area contributed by atoms with E-state index in [9.17, 15) is 14.7 Å². The van der Waals surface area contributed by atoms with E-state index >= 15 is 0 Å². The van der Waals surface area contributed by atoms with Crippen molar-refractivity contribution in [3.05, 3.63) is 33.7 Å². The Hall–Kier alpha value is -2.88. The number of aromatic hydroxyl groups is 1. The van der Waals surface area contributed by atoms with E-state index < -0.39 is 17.3 Å². The standard InChI is InChI=1S/C11H7N3O4/c12-4-6-9-7(14-11(18)10(6)17)2-1-5(13-9)3-8(15)16/h1-2,17H,3H2,(H,14,18)(H,15,16). The fraction of sp³-hybridized carbons (Fsp3) is 0.0909. The number of aliphatic carboxylic acids is 1. The zero-order valence-electron chi connectivity index (χ0n) is 8.97. The second kappa shape index (κ2) is 4.18. The van der Waals surface area contributed by atoms with Crippen molar-refractivity contribution in [2.24, 2.45) is 0 Å². The minimum atomic E-state index is -1.06. The van der Waals surface area contributed by atoms with Crippen molar-refractivity contribution in [1.29, 1.82) is 5.26 Å². The molecule has 7 nitrogen and oxygen atoms in total. The molecule has 0 amide bonds. The van der Waals surface area contributed by atoms with Crippen LogP contribution in [0.15, 0.2) is 16.9 Å². The van der Waals surface area contributed by atoms with Crippen LogP contribution in [0.1, 0.15) is 11.3 Å². The minimum Gasteiger partial charge on any atom is -0.502 e. The summed E-state index contributed by atoms with van der Waals surface area (Å²) in [6.07, 6.45) is -0.305. The molecule has 7 heteroatoms. The number of H-pyrrole nitrogens is 1. The molecular weight excluding hydrogens is 238 g/mol. The van der Waals surface area contributed by atoms with E-state index in [1.54, 1.807) is 6.07 Å². The van der Waals surface area contributed by atoms with Gasteiger partial charge in [0, 0.05) is 0 Å². The highest BCUT2D eigenvalue weighted by molar-refractivity contribution is 5.83. The molecule has 2 rings (SSSR count). The molecule has 2 aromatic rings. The van der Waals surface area contributed by atoms with Crippen molar-refractivity contribution in [2.45, 2.75) is 6.42 Å². The first-order valence-electron chi connectivity index (χ1n) is 4.89. The van der Waals surface area contributed by atoms with Gasteiger partial charge in [0.15, 0.2) is 0 Å². The molecule has 0 unspecified atom stereocenters. The fourth-order valence-electron chi connectivity index (χ4n) is 1.56. The van der Waals surface area contributed by atoms with Gasteiger partial charge in [0.2, 0.25) is 5.75 Å². The molecule has 2 aromatic heterocycles. The number of aromatic nitrogens is 2. The molecule has 0 radical (unpaired) electrons. The van der Waals surface area contributed by atoms with Crippen LogP contribution in [0.4, 0.5) is 0 Å². The molecule has 0 saturated carbocycles. The van der Waals surface area contributed by atoms with Crippen molar-refractivity contribution in [3.63, 3.8) is 0 Å². The highest BCUT2D eigenvalue weighted by Gasteiger charge is 2.13. The Bertz CT molecular complexity index is 742. The summed E-state index contributed by atoms with van der Waals surface area (Å²) in [7, 11) is 0. The fourth-order valence-corrected chi connectivity index (χ4v) is 1.56. The van der Waals surface area contributed by atoms with Crippen LogP contribution in [0.3, 0.4) is 0 Å². The molecule has 0 aliphatic carbocycles. The molecule has 90 valence electrons. The third-order valence-corrected chi connectivity index (χ3v) is 2.33. The van der Waals surface area contributed by atoms with Gasteiger partial charge in [-0.1, -0.05) is 0 Å². The van der Waals surface area contributed by atoms with Gasteiger partial charge in [-0.15, -0.1) is 0 Å². The Kier molecular flexibility index (Phi) is 2.69. The van der Waals surface area contributed by atoms with Gasteiger partial charge in [-0.25, -0.2) is 4.98 Å². The van der Waals surface area contributed by atoms with Crippen LogP contribution in [0, 0.1) is 11.3 Å². The number of aromatic amines is 1. The predicted molar refractivity (Wildman–Crippen MR) is 60.1 cm³/mol. The summed E-state index contributed by atoms with van der Waals surface area (Å²) in [5.41, 5.74) is -0.470. The van der Waals surface area contributed by atoms with E-state index in [1.807, 2.05) is 0 Å². The third kappa shape index (κ3) is 1.87. The third-order valence-electron chi connectivity index (χ3n) is 2.33. The maximum absolute atomic E-state index is 11.3. The number of nitrogens with one attached hydrogen (secondary N) is 1. The lowest BCUT2D eigenvalue weighted by atomic mass is 10.1. The molecule has 0 atom stereocenters. The normalized spacial score (nSPS) is 10.2. The average molecular weight is 245 g/mol. The second-order valence-electron chi connectivity index (χ2n) is 3.56. The molecular formula is C11H7N3O4.